The molecule has 0 aromatic rings. The zero-order valence-electron chi connectivity index (χ0n) is 11.3. The van der Waals surface area contributed by atoms with Gasteiger partial charge in [0.05, 0.1) is 12.7 Å². The second-order valence-corrected chi connectivity index (χ2v) is 5.30. The van der Waals surface area contributed by atoms with Gasteiger partial charge in [-0.25, -0.2) is 0 Å². The monoisotopic (exact) mass is 264 g/mol. The number of carbonyl (C=O) groups is 2. The minimum Gasteiger partial charge on any atom is -0.465 e. The number of esters is 1. The number of amides is 1. The van der Waals surface area contributed by atoms with E-state index in [1.807, 2.05) is 4.90 Å². The van der Waals surface area contributed by atoms with E-state index in [0.29, 0.717) is 19.7 Å². The largest absolute Gasteiger partial charge is 0.465 e. The van der Waals surface area contributed by atoms with Crippen LogP contribution in [0.3, 0.4) is 0 Å². The molecule has 0 spiro atoms. The Bertz CT molecular complexity index is 390. The van der Waals surface area contributed by atoms with Gasteiger partial charge in [0.1, 0.15) is 5.92 Å². The van der Waals surface area contributed by atoms with Crippen LogP contribution in [0.4, 0.5) is 0 Å². The highest BCUT2D eigenvalue weighted by atomic mass is 16.5. The molecule has 2 rings (SSSR count). The van der Waals surface area contributed by atoms with E-state index in [-0.39, 0.29) is 17.7 Å². The minimum atomic E-state index is -0.682. The summed E-state index contributed by atoms with van der Waals surface area (Å²) in [4.78, 5) is 25.5. The lowest BCUT2D eigenvalue weighted by Crippen LogP contribution is -2.42. The number of hydrogen-bond acceptors (Lipinski definition) is 4. The van der Waals surface area contributed by atoms with Crippen LogP contribution in [0.2, 0.25) is 0 Å². The van der Waals surface area contributed by atoms with Gasteiger partial charge in [-0.3, -0.25) is 9.59 Å². The molecular weight excluding hydrogens is 244 g/mol. The van der Waals surface area contributed by atoms with Gasteiger partial charge >= 0.3 is 5.97 Å². The summed E-state index contributed by atoms with van der Waals surface area (Å²) in [5, 5.41) is 9.12. The second-order valence-electron chi connectivity index (χ2n) is 5.30. The Morgan fingerprint density at radius 1 is 1.32 bits per heavy atom. The van der Waals surface area contributed by atoms with Crippen molar-refractivity contribution in [1.82, 2.24) is 4.90 Å². The number of carbonyl (C=O) groups excluding carboxylic acids is 2. The lowest BCUT2D eigenvalue weighted by Gasteiger charge is -2.33. The van der Waals surface area contributed by atoms with Gasteiger partial charge in [0.2, 0.25) is 5.91 Å². The fourth-order valence-electron chi connectivity index (χ4n) is 2.62. The summed E-state index contributed by atoms with van der Waals surface area (Å²) in [6, 6.07) is 2.06. The Morgan fingerprint density at radius 2 is 1.95 bits per heavy atom. The highest BCUT2D eigenvalue weighted by Crippen LogP contribution is 2.33. The molecule has 19 heavy (non-hydrogen) atoms. The Balaban J connectivity index is 1.85. The van der Waals surface area contributed by atoms with Gasteiger partial charge in [0.15, 0.2) is 0 Å². The lowest BCUT2D eigenvalue weighted by atomic mass is 9.85. The Morgan fingerprint density at radius 3 is 2.42 bits per heavy atom. The average molecular weight is 264 g/mol. The van der Waals surface area contributed by atoms with Crippen LogP contribution in [-0.2, 0) is 14.3 Å². The molecule has 104 valence electrons. The number of nitrogens with zero attached hydrogens (tertiary/aromatic N) is 2. The van der Waals surface area contributed by atoms with Gasteiger partial charge in [-0.2, -0.15) is 5.26 Å². The van der Waals surface area contributed by atoms with Crippen LogP contribution in [0, 0.1) is 29.1 Å². The Labute approximate surface area is 113 Å². The predicted octanol–water partition coefficient (Wildman–Crippen LogP) is 1.34. The molecule has 5 nitrogen and oxygen atoms in total. The van der Waals surface area contributed by atoms with Crippen LogP contribution in [0.25, 0.3) is 0 Å². The quantitative estimate of drug-likeness (QED) is 0.718. The number of hydrogen-bond donors (Lipinski definition) is 0. The van der Waals surface area contributed by atoms with Crippen molar-refractivity contribution >= 4 is 11.9 Å². The third-order valence-corrected chi connectivity index (χ3v) is 3.93. The molecule has 1 aliphatic carbocycles. The third-order valence-electron chi connectivity index (χ3n) is 3.93. The molecule has 0 radical (unpaired) electrons. The molecule has 0 aromatic carbocycles. The van der Waals surface area contributed by atoms with Gasteiger partial charge in [0, 0.05) is 19.0 Å². The molecule has 2 aliphatic rings. The van der Waals surface area contributed by atoms with E-state index in [1.54, 1.807) is 6.92 Å². The first-order valence-corrected chi connectivity index (χ1v) is 7.02. The summed E-state index contributed by atoms with van der Waals surface area (Å²) < 4.78 is 4.93. The van der Waals surface area contributed by atoms with E-state index in [4.69, 9.17) is 10.00 Å². The topological polar surface area (TPSA) is 70.4 Å². The van der Waals surface area contributed by atoms with Gasteiger partial charge in [0.25, 0.3) is 0 Å². The van der Waals surface area contributed by atoms with Crippen molar-refractivity contribution in [3.8, 4) is 6.07 Å². The average Bonchev–Trinajstić information content (AvgIpc) is 3.24. The number of ether oxygens (including phenoxy) is 1. The highest BCUT2D eigenvalue weighted by Gasteiger charge is 2.37. The maximum absolute atomic E-state index is 11.9. The summed E-state index contributed by atoms with van der Waals surface area (Å²) in [6.45, 7) is 3.37. The molecule has 1 saturated heterocycles. The van der Waals surface area contributed by atoms with Crippen LogP contribution < -0.4 is 0 Å². The van der Waals surface area contributed by atoms with Crippen molar-refractivity contribution in [3.63, 3.8) is 0 Å². The fraction of sp³-hybridized carbons (Fsp3) is 0.786. The highest BCUT2D eigenvalue weighted by molar-refractivity contribution is 5.81. The molecule has 1 unspecified atom stereocenters. The second kappa shape index (κ2) is 6.05. The molecule has 0 N–H and O–H groups in total. The first-order chi connectivity index (χ1) is 9.17. The molecule has 1 saturated carbocycles. The molecule has 2 fully saturated rings. The smallest absolute Gasteiger partial charge is 0.323 e. The van der Waals surface area contributed by atoms with Crippen molar-refractivity contribution in [2.75, 3.05) is 19.7 Å². The van der Waals surface area contributed by atoms with Crippen molar-refractivity contribution in [1.29, 1.82) is 5.26 Å². The van der Waals surface area contributed by atoms with E-state index in [1.165, 1.54) is 0 Å². The molecule has 1 amide bonds. The van der Waals surface area contributed by atoms with Crippen LogP contribution >= 0.6 is 0 Å². The summed E-state index contributed by atoms with van der Waals surface area (Å²) >= 11 is 0. The van der Waals surface area contributed by atoms with Crippen LogP contribution in [0.1, 0.15) is 32.6 Å². The van der Waals surface area contributed by atoms with E-state index in [0.717, 1.165) is 25.7 Å². The van der Waals surface area contributed by atoms with E-state index in [9.17, 15) is 9.59 Å². The molecule has 0 bridgehead atoms. The molecular formula is C14H20N2O3. The summed E-state index contributed by atoms with van der Waals surface area (Å²) in [5.74, 6) is -0.584. The van der Waals surface area contributed by atoms with Crippen LogP contribution in [0.5, 0.6) is 0 Å². The zero-order chi connectivity index (χ0) is 13.8. The molecule has 5 heteroatoms. The van der Waals surface area contributed by atoms with Gasteiger partial charge in [-0.05, 0) is 38.5 Å². The van der Waals surface area contributed by atoms with Crippen molar-refractivity contribution in [2.24, 2.45) is 17.8 Å². The summed E-state index contributed by atoms with van der Waals surface area (Å²) in [6.07, 6.45) is 3.47. The summed E-state index contributed by atoms with van der Waals surface area (Å²) in [7, 11) is 0. The fourth-order valence-corrected chi connectivity index (χ4v) is 2.62. The van der Waals surface area contributed by atoms with Gasteiger partial charge < -0.3 is 9.64 Å². The standard InChI is InChI=1S/C14H20N2O3/c1-2-19-14(18)12(9-15)10-5-7-16(8-6-10)13(17)11-3-4-11/h10-12H,2-8H2,1H3. The van der Waals surface area contributed by atoms with Gasteiger partial charge in [-0.1, -0.05) is 0 Å². The first kappa shape index (κ1) is 13.9. The van der Waals surface area contributed by atoms with E-state index >= 15 is 0 Å². The molecule has 0 aromatic heterocycles. The maximum Gasteiger partial charge on any atom is 0.323 e. The lowest BCUT2D eigenvalue weighted by molar-refractivity contribution is -0.148. The van der Waals surface area contributed by atoms with Gasteiger partial charge in [-0.15, -0.1) is 0 Å². The van der Waals surface area contributed by atoms with Crippen LogP contribution in [-0.4, -0.2) is 36.5 Å². The van der Waals surface area contributed by atoms with Crippen LogP contribution in [0.15, 0.2) is 0 Å². The third kappa shape index (κ3) is 3.25. The first-order valence-electron chi connectivity index (χ1n) is 7.02. The van der Waals surface area contributed by atoms with E-state index in [2.05, 4.69) is 6.07 Å². The Kier molecular flexibility index (Phi) is 4.41. The van der Waals surface area contributed by atoms with E-state index < -0.39 is 11.9 Å². The van der Waals surface area contributed by atoms with Crippen molar-refractivity contribution in [3.05, 3.63) is 0 Å². The SMILES string of the molecule is CCOC(=O)C(C#N)C1CCN(C(=O)C2CC2)CC1. The number of rotatable bonds is 4. The minimum absolute atomic E-state index is 0.0207. The van der Waals surface area contributed by atoms with Crippen molar-refractivity contribution in [2.45, 2.75) is 32.6 Å². The number of nitriles is 1. The number of likely N-dealkylation sites (tertiary alicyclic amines) is 1. The Hall–Kier alpha value is -1.57. The maximum atomic E-state index is 11.9. The summed E-state index contributed by atoms with van der Waals surface area (Å²) in [5.41, 5.74) is 0. The zero-order valence-corrected chi connectivity index (χ0v) is 11.3. The normalized spacial score (nSPS) is 21.6. The molecule has 1 atom stereocenters. The van der Waals surface area contributed by atoms with Crippen molar-refractivity contribution < 1.29 is 14.3 Å². The molecule has 1 aliphatic heterocycles. The number of piperidine rings is 1. The molecule has 1 heterocycles. The predicted molar refractivity (Wildman–Crippen MR) is 67.8 cm³/mol.